The summed E-state index contributed by atoms with van der Waals surface area (Å²) in [5.41, 5.74) is 0.223. The first-order valence-corrected chi connectivity index (χ1v) is 5.81. The molecule has 1 aliphatic rings. The van der Waals surface area contributed by atoms with Crippen molar-refractivity contribution in [2.45, 2.75) is 33.2 Å². The van der Waals surface area contributed by atoms with Gasteiger partial charge in [-0.1, -0.05) is 19.9 Å². The van der Waals surface area contributed by atoms with Crippen LogP contribution in [0.3, 0.4) is 0 Å². The molecule has 4 nitrogen and oxygen atoms in total. The van der Waals surface area contributed by atoms with Crippen LogP contribution in [-0.4, -0.2) is 21.7 Å². The van der Waals surface area contributed by atoms with Gasteiger partial charge in [0.2, 0.25) is 11.8 Å². The molecule has 0 N–H and O–H groups in total. The SMILES string of the molecule is CCC1(C)CC(=O)N(Cc2ccccn2)C1=O. The van der Waals surface area contributed by atoms with Crippen molar-refractivity contribution in [2.75, 3.05) is 0 Å². The second kappa shape index (κ2) is 4.28. The van der Waals surface area contributed by atoms with E-state index in [1.54, 1.807) is 6.20 Å². The Kier molecular flexibility index (Phi) is 2.96. The standard InChI is InChI=1S/C13H16N2O2/c1-3-13(2)8-11(16)15(12(13)17)9-10-6-4-5-7-14-10/h4-7H,3,8-9H2,1-2H3. The van der Waals surface area contributed by atoms with Crippen molar-refractivity contribution < 1.29 is 9.59 Å². The molecule has 2 heterocycles. The van der Waals surface area contributed by atoms with Gasteiger partial charge in [-0.2, -0.15) is 0 Å². The smallest absolute Gasteiger partial charge is 0.235 e. The van der Waals surface area contributed by atoms with Crippen LogP contribution in [0.4, 0.5) is 0 Å². The first-order chi connectivity index (χ1) is 8.07. The average molecular weight is 232 g/mol. The minimum absolute atomic E-state index is 0.0735. The molecule has 0 spiro atoms. The van der Waals surface area contributed by atoms with Crippen molar-refractivity contribution >= 4 is 11.8 Å². The van der Waals surface area contributed by atoms with Crippen molar-refractivity contribution in [1.82, 2.24) is 9.88 Å². The Morgan fingerprint density at radius 3 is 2.71 bits per heavy atom. The van der Waals surface area contributed by atoms with Gasteiger partial charge in [0, 0.05) is 12.6 Å². The Labute approximate surface area is 101 Å². The molecule has 1 saturated heterocycles. The Morgan fingerprint density at radius 1 is 1.41 bits per heavy atom. The first kappa shape index (κ1) is 11.8. The zero-order valence-corrected chi connectivity index (χ0v) is 10.1. The fourth-order valence-electron chi connectivity index (χ4n) is 2.03. The van der Waals surface area contributed by atoms with Gasteiger partial charge in [0.1, 0.15) is 0 Å². The largest absolute Gasteiger partial charge is 0.276 e. The van der Waals surface area contributed by atoms with Gasteiger partial charge in [0.25, 0.3) is 0 Å². The second-order valence-electron chi connectivity index (χ2n) is 4.70. The fourth-order valence-corrected chi connectivity index (χ4v) is 2.03. The maximum Gasteiger partial charge on any atom is 0.235 e. The predicted molar refractivity (Wildman–Crippen MR) is 62.8 cm³/mol. The average Bonchev–Trinajstić information content (AvgIpc) is 2.55. The maximum absolute atomic E-state index is 12.2. The van der Waals surface area contributed by atoms with E-state index in [0.717, 1.165) is 5.69 Å². The van der Waals surface area contributed by atoms with Crippen LogP contribution in [0.1, 0.15) is 32.4 Å². The molecule has 0 radical (unpaired) electrons. The normalized spacial score (nSPS) is 24.5. The fraction of sp³-hybridized carbons (Fsp3) is 0.462. The molecule has 0 aliphatic carbocycles. The van der Waals surface area contributed by atoms with E-state index in [1.165, 1.54) is 4.90 Å². The molecule has 2 amide bonds. The van der Waals surface area contributed by atoms with Gasteiger partial charge in [-0.25, -0.2) is 0 Å². The van der Waals surface area contributed by atoms with Crippen LogP contribution < -0.4 is 0 Å². The highest BCUT2D eigenvalue weighted by Gasteiger charge is 2.46. The lowest BCUT2D eigenvalue weighted by molar-refractivity contribution is -0.141. The number of carbonyl (C=O) groups excluding carboxylic acids is 2. The molecule has 2 rings (SSSR count). The minimum atomic E-state index is -0.522. The van der Waals surface area contributed by atoms with Crippen LogP contribution in [-0.2, 0) is 16.1 Å². The molecule has 1 fully saturated rings. The van der Waals surface area contributed by atoms with Crippen molar-refractivity contribution in [2.24, 2.45) is 5.41 Å². The molecule has 90 valence electrons. The number of carbonyl (C=O) groups is 2. The Hall–Kier alpha value is -1.71. The summed E-state index contributed by atoms with van der Waals surface area (Å²) in [6.07, 6.45) is 2.67. The van der Waals surface area contributed by atoms with Crippen LogP contribution in [0.5, 0.6) is 0 Å². The number of nitrogens with zero attached hydrogens (tertiary/aromatic N) is 2. The first-order valence-electron chi connectivity index (χ1n) is 5.81. The van der Waals surface area contributed by atoms with E-state index in [0.29, 0.717) is 12.8 Å². The molecular formula is C13H16N2O2. The van der Waals surface area contributed by atoms with Crippen LogP contribution in [0.2, 0.25) is 0 Å². The van der Waals surface area contributed by atoms with Gasteiger partial charge in [-0.05, 0) is 18.6 Å². The van der Waals surface area contributed by atoms with E-state index in [2.05, 4.69) is 4.98 Å². The molecule has 1 unspecified atom stereocenters. The Balaban J connectivity index is 2.18. The second-order valence-corrected chi connectivity index (χ2v) is 4.70. The molecule has 1 aliphatic heterocycles. The van der Waals surface area contributed by atoms with Crippen molar-refractivity contribution in [3.8, 4) is 0 Å². The molecule has 0 bridgehead atoms. The van der Waals surface area contributed by atoms with Gasteiger partial charge < -0.3 is 0 Å². The van der Waals surface area contributed by atoms with Gasteiger partial charge in [-0.3, -0.25) is 19.5 Å². The lowest BCUT2D eigenvalue weighted by Gasteiger charge is -2.19. The van der Waals surface area contributed by atoms with Crippen molar-refractivity contribution in [1.29, 1.82) is 0 Å². The molecule has 0 saturated carbocycles. The molecular weight excluding hydrogens is 216 g/mol. The molecule has 0 aromatic carbocycles. The Bertz CT molecular complexity index is 444. The number of pyridine rings is 1. The summed E-state index contributed by atoms with van der Waals surface area (Å²) in [4.78, 5) is 29.5. The third-order valence-corrected chi connectivity index (χ3v) is 3.43. The monoisotopic (exact) mass is 232 g/mol. The number of hydrogen-bond donors (Lipinski definition) is 0. The van der Waals surface area contributed by atoms with Crippen molar-refractivity contribution in [3.63, 3.8) is 0 Å². The highest BCUT2D eigenvalue weighted by molar-refractivity contribution is 6.05. The summed E-state index contributed by atoms with van der Waals surface area (Å²) < 4.78 is 0. The summed E-state index contributed by atoms with van der Waals surface area (Å²) in [6, 6.07) is 5.49. The maximum atomic E-state index is 12.2. The van der Waals surface area contributed by atoms with Gasteiger partial charge in [0.15, 0.2) is 0 Å². The van der Waals surface area contributed by atoms with Gasteiger partial charge in [0.05, 0.1) is 17.7 Å². The van der Waals surface area contributed by atoms with Crippen LogP contribution in [0, 0.1) is 5.41 Å². The van der Waals surface area contributed by atoms with Crippen molar-refractivity contribution in [3.05, 3.63) is 30.1 Å². The quantitative estimate of drug-likeness (QED) is 0.746. The van der Waals surface area contributed by atoms with Crippen LogP contribution >= 0.6 is 0 Å². The van der Waals surface area contributed by atoms with Gasteiger partial charge in [-0.15, -0.1) is 0 Å². The number of likely N-dealkylation sites (tertiary alicyclic amines) is 1. The van der Waals surface area contributed by atoms with E-state index in [9.17, 15) is 9.59 Å². The van der Waals surface area contributed by atoms with E-state index in [-0.39, 0.29) is 18.4 Å². The highest BCUT2D eigenvalue weighted by Crippen LogP contribution is 2.35. The molecule has 1 atom stereocenters. The molecule has 1 aromatic rings. The number of rotatable bonds is 3. The number of aromatic nitrogens is 1. The number of hydrogen-bond acceptors (Lipinski definition) is 3. The highest BCUT2D eigenvalue weighted by atomic mass is 16.2. The zero-order chi connectivity index (χ0) is 12.5. The summed E-state index contributed by atoms with van der Waals surface area (Å²) >= 11 is 0. The molecule has 17 heavy (non-hydrogen) atoms. The van der Waals surface area contributed by atoms with E-state index in [4.69, 9.17) is 0 Å². The van der Waals surface area contributed by atoms with Crippen LogP contribution in [0.25, 0.3) is 0 Å². The zero-order valence-electron chi connectivity index (χ0n) is 10.1. The van der Waals surface area contributed by atoms with Gasteiger partial charge >= 0.3 is 0 Å². The summed E-state index contributed by atoms with van der Waals surface area (Å²) in [6.45, 7) is 4.08. The molecule has 4 heteroatoms. The molecule has 1 aromatic heterocycles. The minimum Gasteiger partial charge on any atom is -0.276 e. The predicted octanol–water partition coefficient (Wildman–Crippen LogP) is 1.76. The topological polar surface area (TPSA) is 50.3 Å². The third kappa shape index (κ3) is 2.07. The summed E-state index contributed by atoms with van der Waals surface area (Å²) in [5.74, 6) is -0.166. The lowest BCUT2D eigenvalue weighted by atomic mass is 9.86. The summed E-state index contributed by atoms with van der Waals surface area (Å²) in [5, 5.41) is 0. The van der Waals surface area contributed by atoms with E-state index < -0.39 is 5.41 Å². The summed E-state index contributed by atoms with van der Waals surface area (Å²) in [7, 11) is 0. The third-order valence-electron chi connectivity index (χ3n) is 3.43. The van der Waals surface area contributed by atoms with Crippen LogP contribution in [0.15, 0.2) is 24.4 Å². The number of amides is 2. The van der Waals surface area contributed by atoms with E-state index in [1.807, 2.05) is 32.0 Å². The van der Waals surface area contributed by atoms with E-state index >= 15 is 0 Å². The Morgan fingerprint density at radius 2 is 2.18 bits per heavy atom. The lowest BCUT2D eigenvalue weighted by Crippen LogP contribution is -2.33. The number of imide groups is 1.